The molecule has 0 radical (unpaired) electrons. The summed E-state index contributed by atoms with van der Waals surface area (Å²) in [7, 11) is 0. The van der Waals surface area contributed by atoms with Gasteiger partial charge in [0.15, 0.2) is 0 Å². The van der Waals surface area contributed by atoms with E-state index in [1.54, 1.807) is 0 Å². The number of hydrogen-bond donors (Lipinski definition) is 0. The molecule has 1 aliphatic rings. The van der Waals surface area contributed by atoms with E-state index < -0.39 is 0 Å². The molecular weight excluding hydrogens is 135 g/mol. The zero-order valence-electron chi connectivity index (χ0n) is 3.69. The summed E-state index contributed by atoms with van der Waals surface area (Å²) in [5.41, 5.74) is 0. The topological polar surface area (TPSA) is 17.1 Å². The quantitative estimate of drug-likeness (QED) is 0.506. The largest absolute Gasteiger partial charge is 0.281 e. The van der Waals surface area contributed by atoms with Gasteiger partial charge in [-0.15, -0.1) is 12.4 Å². The Labute approximate surface area is 53.4 Å². The van der Waals surface area contributed by atoms with Crippen molar-refractivity contribution in [2.45, 2.75) is 12.8 Å². The summed E-state index contributed by atoms with van der Waals surface area (Å²) < 4.78 is 0. The van der Waals surface area contributed by atoms with Crippen molar-refractivity contribution in [3.05, 3.63) is 0 Å². The number of carbonyl (C=O) groups is 1. The minimum Gasteiger partial charge on any atom is -0.281 e. The summed E-state index contributed by atoms with van der Waals surface area (Å²) in [5, 5.41) is -0.157. The van der Waals surface area contributed by atoms with E-state index in [9.17, 15) is 4.79 Å². The van der Waals surface area contributed by atoms with E-state index in [1.165, 1.54) is 0 Å². The van der Waals surface area contributed by atoms with Crippen molar-refractivity contribution < 1.29 is 4.79 Å². The van der Waals surface area contributed by atoms with Gasteiger partial charge in [0.2, 0.25) is 5.24 Å². The summed E-state index contributed by atoms with van der Waals surface area (Å²) in [5.74, 6) is 0.228. The summed E-state index contributed by atoms with van der Waals surface area (Å²) in [4.78, 5) is 9.97. The van der Waals surface area contributed by atoms with Gasteiger partial charge in [-0.05, 0) is 24.4 Å². The molecule has 0 atom stereocenters. The van der Waals surface area contributed by atoms with Crippen LogP contribution >= 0.6 is 24.0 Å². The van der Waals surface area contributed by atoms with Crippen molar-refractivity contribution in [3.8, 4) is 0 Å². The summed E-state index contributed by atoms with van der Waals surface area (Å²) >= 11 is 5.04. The minimum atomic E-state index is -0.157. The normalized spacial score (nSPS) is 17.9. The molecule has 0 spiro atoms. The van der Waals surface area contributed by atoms with E-state index >= 15 is 0 Å². The third-order valence-electron chi connectivity index (χ3n) is 0.898. The molecule has 0 bridgehead atoms. The van der Waals surface area contributed by atoms with Gasteiger partial charge in [-0.3, -0.25) is 4.79 Å². The monoisotopic (exact) mass is 140 g/mol. The maximum atomic E-state index is 9.97. The first-order chi connectivity index (χ1) is 2.80. The van der Waals surface area contributed by atoms with Crippen LogP contribution in [0.5, 0.6) is 0 Å². The van der Waals surface area contributed by atoms with Gasteiger partial charge in [-0.1, -0.05) is 0 Å². The lowest BCUT2D eigenvalue weighted by Gasteiger charge is -1.72. The fourth-order valence-corrected chi connectivity index (χ4v) is 0.529. The predicted octanol–water partition coefficient (Wildman–Crippen LogP) is 1.58. The Bertz CT molecular complexity index is 77.8. The minimum absolute atomic E-state index is 0. The van der Waals surface area contributed by atoms with Crippen LogP contribution in [0, 0.1) is 5.92 Å². The molecule has 0 amide bonds. The number of hydrogen-bond acceptors (Lipinski definition) is 1. The lowest BCUT2D eigenvalue weighted by molar-refractivity contribution is -0.112. The van der Waals surface area contributed by atoms with E-state index in [0.717, 1.165) is 12.8 Å². The second kappa shape index (κ2) is 2.53. The van der Waals surface area contributed by atoms with Crippen molar-refractivity contribution in [1.29, 1.82) is 0 Å². The Kier molecular flexibility index (Phi) is 2.62. The fourth-order valence-electron chi connectivity index (χ4n) is 0.310. The number of rotatable bonds is 1. The number of carbonyl (C=O) groups excluding carboxylic acids is 1. The van der Waals surface area contributed by atoms with Gasteiger partial charge in [0, 0.05) is 5.92 Å². The van der Waals surface area contributed by atoms with Crippen LogP contribution in [-0.2, 0) is 4.79 Å². The first-order valence-electron chi connectivity index (χ1n) is 2.00. The summed E-state index contributed by atoms with van der Waals surface area (Å²) in [6.45, 7) is 0. The Balaban J connectivity index is 0.000000360. The Morgan fingerprint density at radius 2 is 2.00 bits per heavy atom. The van der Waals surface area contributed by atoms with Crippen LogP contribution in [0.3, 0.4) is 0 Å². The average Bonchev–Trinajstić information content (AvgIpc) is 2.06. The van der Waals surface area contributed by atoms with Crippen molar-refractivity contribution in [2.75, 3.05) is 0 Å². The molecule has 0 aromatic heterocycles. The zero-order chi connectivity index (χ0) is 4.57. The van der Waals surface area contributed by atoms with Gasteiger partial charge in [0.25, 0.3) is 0 Å². The van der Waals surface area contributed by atoms with Crippen LogP contribution in [0.1, 0.15) is 12.8 Å². The Morgan fingerprint density at radius 3 is 2.00 bits per heavy atom. The van der Waals surface area contributed by atoms with Gasteiger partial charge in [0.05, 0.1) is 0 Å². The molecule has 0 aromatic carbocycles. The molecule has 3 heteroatoms. The molecular formula is C4H6Cl2O. The highest BCUT2D eigenvalue weighted by atomic mass is 35.5. The maximum Gasteiger partial charge on any atom is 0.224 e. The smallest absolute Gasteiger partial charge is 0.224 e. The summed E-state index contributed by atoms with van der Waals surface area (Å²) in [6.07, 6.45) is 2.03. The third-order valence-corrected chi connectivity index (χ3v) is 1.21. The van der Waals surface area contributed by atoms with Crippen LogP contribution in [0.2, 0.25) is 0 Å². The predicted molar refractivity (Wildman–Crippen MR) is 30.8 cm³/mol. The molecule has 1 fully saturated rings. The van der Waals surface area contributed by atoms with Gasteiger partial charge >= 0.3 is 0 Å². The fraction of sp³-hybridized carbons (Fsp3) is 0.750. The highest BCUT2D eigenvalue weighted by Crippen LogP contribution is 2.30. The molecule has 0 aliphatic heterocycles. The second-order valence-electron chi connectivity index (χ2n) is 1.58. The highest BCUT2D eigenvalue weighted by molar-refractivity contribution is 6.64. The molecule has 1 saturated carbocycles. The molecule has 0 heterocycles. The van der Waals surface area contributed by atoms with Gasteiger partial charge in [-0.25, -0.2) is 0 Å². The molecule has 1 nitrogen and oxygen atoms in total. The first-order valence-corrected chi connectivity index (χ1v) is 2.38. The maximum absolute atomic E-state index is 9.97. The van der Waals surface area contributed by atoms with E-state index in [-0.39, 0.29) is 23.6 Å². The van der Waals surface area contributed by atoms with Crippen molar-refractivity contribution >= 4 is 29.3 Å². The van der Waals surface area contributed by atoms with Crippen LogP contribution in [0.25, 0.3) is 0 Å². The highest BCUT2D eigenvalue weighted by Gasteiger charge is 2.27. The molecule has 0 aromatic rings. The van der Waals surface area contributed by atoms with Gasteiger partial charge in [-0.2, -0.15) is 0 Å². The third kappa shape index (κ3) is 2.15. The van der Waals surface area contributed by atoms with E-state index in [2.05, 4.69) is 0 Å². The van der Waals surface area contributed by atoms with E-state index in [0.29, 0.717) is 0 Å². The van der Waals surface area contributed by atoms with Crippen LogP contribution < -0.4 is 0 Å². The number of halogens is 2. The zero-order valence-corrected chi connectivity index (χ0v) is 5.26. The lowest BCUT2D eigenvalue weighted by atomic mass is 10.5. The van der Waals surface area contributed by atoms with Gasteiger partial charge in [0.1, 0.15) is 0 Å². The van der Waals surface area contributed by atoms with E-state index in [1.807, 2.05) is 0 Å². The second-order valence-corrected chi connectivity index (χ2v) is 1.95. The molecule has 0 saturated heterocycles. The van der Waals surface area contributed by atoms with Crippen LogP contribution in [-0.4, -0.2) is 5.24 Å². The van der Waals surface area contributed by atoms with Crippen LogP contribution in [0.4, 0.5) is 0 Å². The molecule has 42 valence electrons. The van der Waals surface area contributed by atoms with Crippen molar-refractivity contribution in [1.82, 2.24) is 0 Å². The van der Waals surface area contributed by atoms with Crippen molar-refractivity contribution in [3.63, 3.8) is 0 Å². The SMILES string of the molecule is Cl.O=C(Cl)C1CC1. The molecule has 0 N–H and O–H groups in total. The standard InChI is InChI=1S/C4H5ClO.ClH/c5-4(6)3-1-2-3;/h3H,1-2H2;1H. The molecule has 1 rings (SSSR count). The first kappa shape index (κ1) is 7.25. The molecule has 1 aliphatic carbocycles. The van der Waals surface area contributed by atoms with Crippen LogP contribution in [0.15, 0.2) is 0 Å². The average molecular weight is 141 g/mol. The lowest BCUT2D eigenvalue weighted by Crippen LogP contribution is -1.83. The van der Waals surface area contributed by atoms with Gasteiger partial charge < -0.3 is 0 Å². The molecule has 7 heavy (non-hydrogen) atoms. The van der Waals surface area contributed by atoms with E-state index in [4.69, 9.17) is 11.6 Å². The molecule has 0 unspecified atom stereocenters. The summed E-state index contributed by atoms with van der Waals surface area (Å²) in [6, 6.07) is 0. The Hall–Kier alpha value is 0.250. The van der Waals surface area contributed by atoms with Crippen molar-refractivity contribution in [2.24, 2.45) is 5.92 Å². The Morgan fingerprint density at radius 1 is 1.57 bits per heavy atom.